The lowest BCUT2D eigenvalue weighted by Gasteiger charge is -2.24. The van der Waals surface area contributed by atoms with E-state index in [1.165, 1.54) is 0 Å². The molecule has 1 N–H and O–H groups in total. The molecule has 1 saturated heterocycles. The highest BCUT2D eigenvalue weighted by atomic mass is 16.6. The van der Waals surface area contributed by atoms with Gasteiger partial charge in [-0.25, -0.2) is 4.79 Å². The first-order valence-electron chi connectivity index (χ1n) is 10.5. The third kappa shape index (κ3) is 4.60. The van der Waals surface area contributed by atoms with Crippen LogP contribution in [0.4, 0.5) is 4.79 Å². The van der Waals surface area contributed by atoms with E-state index in [1.54, 1.807) is 36.6 Å². The number of methoxy groups -OCH3 is 1. The molecule has 3 heterocycles. The highest BCUT2D eigenvalue weighted by Gasteiger charge is 2.38. The fraction of sp³-hybridized carbons (Fsp3) is 0.375. The second kappa shape index (κ2) is 8.63. The van der Waals surface area contributed by atoms with Crippen molar-refractivity contribution in [3.8, 4) is 11.3 Å². The van der Waals surface area contributed by atoms with Crippen LogP contribution >= 0.6 is 0 Å². The molecule has 0 aliphatic carbocycles. The molecular formula is C24H27N3O5. The highest BCUT2D eigenvalue weighted by Crippen LogP contribution is 2.27. The van der Waals surface area contributed by atoms with Gasteiger partial charge in [-0.2, -0.15) is 0 Å². The van der Waals surface area contributed by atoms with Crippen molar-refractivity contribution in [2.24, 2.45) is 0 Å². The second-order valence-electron chi connectivity index (χ2n) is 8.81. The molecule has 0 spiro atoms. The van der Waals surface area contributed by atoms with Gasteiger partial charge < -0.3 is 24.1 Å². The van der Waals surface area contributed by atoms with Gasteiger partial charge >= 0.3 is 6.09 Å². The van der Waals surface area contributed by atoms with Gasteiger partial charge in [0, 0.05) is 36.4 Å². The molecule has 0 radical (unpaired) electrons. The third-order valence-electron chi connectivity index (χ3n) is 5.34. The summed E-state index contributed by atoms with van der Waals surface area (Å²) in [4.78, 5) is 31.3. The topological polar surface area (TPSA) is 93.9 Å². The quantitative estimate of drug-likeness (QED) is 0.666. The number of carbonyl (C=O) groups excluding carboxylic acids is 2. The van der Waals surface area contributed by atoms with Gasteiger partial charge in [0.15, 0.2) is 0 Å². The maximum Gasteiger partial charge on any atom is 0.410 e. The molecule has 1 aliphatic rings. The van der Waals surface area contributed by atoms with Crippen LogP contribution in [0.25, 0.3) is 22.2 Å². The fourth-order valence-electron chi connectivity index (χ4n) is 3.78. The minimum absolute atomic E-state index is 0.232. The van der Waals surface area contributed by atoms with E-state index in [0.717, 1.165) is 22.2 Å². The summed E-state index contributed by atoms with van der Waals surface area (Å²) < 4.78 is 16.4. The van der Waals surface area contributed by atoms with Gasteiger partial charge in [0.25, 0.3) is 5.91 Å². The highest BCUT2D eigenvalue weighted by molar-refractivity contribution is 5.96. The number of benzene rings is 1. The minimum Gasteiger partial charge on any atom is -0.464 e. The number of likely N-dealkylation sites (tertiary alicyclic amines) is 1. The van der Waals surface area contributed by atoms with Crippen LogP contribution in [0.1, 0.15) is 31.1 Å². The molecule has 3 aromatic rings. The van der Waals surface area contributed by atoms with Crippen LogP contribution in [0.5, 0.6) is 0 Å². The molecule has 1 aliphatic heterocycles. The molecule has 2 atom stereocenters. The average Bonchev–Trinajstić information content (AvgIpc) is 3.39. The second-order valence-corrected chi connectivity index (χ2v) is 8.81. The van der Waals surface area contributed by atoms with E-state index in [9.17, 15) is 9.59 Å². The largest absolute Gasteiger partial charge is 0.464 e. The summed E-state index contributed by atoms with van der Waals surface area (Å²) >= 11 is 0. The average molecular weight is 437 g/mol. The van der Waals surface area contributed by atoms with E-state index in [-0.39, 0.29) is 18.1 Å². The predicted molar refractivity (Wildman–Crippen MR) is 119 cm³/mol. The zero-order chi connectivity index (χ0) is 22.9. The monoisotopic (exact) mass is 437 g/mol. The van der Waals surface area contributed by atoms with Crippen molar-refractivity contribution in [1.82, 2.24) is 15.2 Å². The van der Waals surface area contributed by atoms with Gasteiger partial charge in [0.2, 0.25) is 0 Å². The van der Waals surface area contributed by atoms with E-state index >= 15 is 0 Å². The molecular weight excluding hydrogens is 410 g/mol. The number of nitrogens with zero attached hydrogens (tertiary/aromatic N) is 2. The van der Waals surface area contributed by atoms with Gasteiger partial charge in [-0.05, 0) is 45.0 Å². The molecule has 0 unspecified atom stereocenters. The van der Waals surface area contributed by atoms with Crippen LogP contribution in [0, 0.1) is 0 Å². The number of nitrogens with one attached hydrogen (secondary N) is 1. The first kappa shape index (κ1) is 21.8. The molecule has 8 nitrogen and oxygen atoms in total. The number of furan rings is 1. The predicted octanol–water partition coefficient (Wildman–Crippen LogP) is 3.86. The van der Waals surface area contributed by atoms with Crippen molar-refractivity contribution < 1.29 is 23.5 Å². The lowest BCUT2D eigenvalue weighted by atomic mass is 10.1. The number of ether oxygens (including phenoxy) is 2. The van der Waals surface area contributed by atoms with Crippen LogP contribution in [0.3, 0.4) is 0 Å². The first-order chi connectivity index (χ1) is 15.2. The number of aromatic nitrogens is 1. The van der Waals surface area contributed by atoms with Gasteiger partial charge in [0.1, 0.15) is 11.2 Å². The number of amides is 2. The van der Waals surface area contributed by atoms with Gasteiger partial charge in [0.05, 0.1) is 30.6 Å². The minimum atomic E-state index is -0.585. The van der Waals surface area contributed by atoms with Crippen molar-refractivity contribution >= 4 is 23.0 Å². The molecule has 8 heteroatoms. The summed E-state index contributed by atoms with van der Waals surface area (Å²) in [7, 11) is 1.57. The molecule has 168 valence electrons. The molecule has 2 amide bonds. The van der Waals surface area contributed by atoms with E-state index in [1.807, 2.05) is 45.0 Å². The number of hydrogen-bond acceptors (Lipinski definition) is 6. The normalized spacial score (nSPS) is 18.7. The van der Waals surface area contributed by atoms with Gasteiger partial charge in [-0.15, -0.1) is 0 Å². The number of pyridine rings is 1. The maximum atomic E-state index is 12.9. The molecule has 0 bridgehead atoms. The van der Waals surface area contributed by atoms with Crippen molar-refractivity contribution in [2.45, 2.75) is 38.5 Å². The summed E-state index contributed by atoms with van der Waals surface area (Å²) in [6, 6.07) is 10.6. The van der Waals surface area contributed by atoms with Gasteiger partial charge in [-0.1, -0.05) is 12.1 Å². The Labute approximate surface area is 186 Å². The Bertz CT molecular complexity index is 1120. The Morgan fingerprint density at radius 1 is 1.12 bits per heavy atom. The standard InChI is InChI=1S/C24H27N3O5/c1-24(2,3)32-23(29)27-13-18(20(14-27)30-4)26-22(28)16-7-5-15(6-8-16)21-17-10-12-31-19(17)9-11-25-21/h5-12,18,20H,13-14H2,1-4H3,(H,26,28)/t18-,20-/m1/s1. The lowest BCUT2D eigenvalue weighted by Crippen LogP contribution is -2.44. The van der Waals surface area contributed by atoms with E-state index in [4.69, 9.17) is 13.9 Å². The van der Waals surface area contributed by atoms with Crippen LogP contribution < -0.4 is 5.32 Å². The number of fused-ring (bicyclic) bond motifs is 1. The Kier molecular flexibility index (Phi) is 5.88. The van der Waals surface area contributed by atoms with Gasteiger partial charge in [-0.3, -0.25) is 9.78 Å². The number of rotatable bonds is 4. The molecule has 4 rings (SSSR count). The Balaban J connectivity index is 1.44. The SMILES string of the molecule is CO[C@@H]1CN(C(=O)OC(C)(C)C)C[C@H]1NC(=O)c1ccc(-c2nccc3occc23)cc1. The maximum absolute atomic E-state index is 12.9. The van der Waals surface area contributed by atoms with Crippen LogP contribution in [-0.4, -0.2) is 59.8 Å². The number of hydrogen-bond donors (Lipinski definition) is 1. The number of carbonyl (C=O) groups is 2. The summed E-state index contributed by atoms with van der Waals surface area (Å²) in [5.74, 6) is -0.232. The summed E-state index contributed by atoms with van der Waals surface area (Å²) in [5.41, 5.74) is 2.38. The first-order valence-corrected chi connectivity index (χ1v) is 10.5. The summed E-state index contributed by atoms with van der Waals surface area (Å²) in [6.45, 7) is 6.14. The smallest absolute Gasteiger partial charge is 0.410 e. The molecule has 0 saturated carbocycles. The molecule has 1 fully saturated rings. The fourth-order valence-corrected chi connectivity index (χ4v) is 3.78. The Morgan fingerprint density at radius 2 is 1.88 bits per heavy atom. The zero-order valence-corrected chi connectivity index (χ0v) is 18.6. The van der Waals surface area contributed by atoms with Crippen LogP contribution in [-0.2, 0) is 9.47 Å². The Hall–Kier alpha value is -3.39. The van der Waals surface area contributed by atoms with Crippen molar-refractivity contribution in [3.63, 3.8) is 0 Å². The van der Waals surface area contributed by atoms with Crippen molar-refractivity contribution in [2.75, 3.05) is 20.2 Å². The van der Waals surface area contributed by atoms with Crippen LogP contribution in [0.2, 0.25) is 0 Å². The summed E-state index contributed by atoms with van der Waals surface area (Å²) in [5, 5.41) is 3.90. The molecule has 2 aromatic heterocycles. The zero-order valence-electron chi connectivity index (χ0n) is 18.6. The Morgan fingerprint density at radius 3 is 2.56 bits per heavy atom. The van der Waals surface area contributed by atoms with Crippen molar-refractivity contribution in [1.29, 1.82) is 0 Å². The summed E-state index contributed by atoms with van der Waals surface area (Å²) in [6.07, 6.45) is 2.60. The van der Waals surface area contributed by atoms with Crippen LogP contribution in [0.15, 0.2) is 53.3 Å². The molecule has 1 aromatic carbocycles. The van der Waals surface area contributed by atoms with Crippen molar-refractivity contribution in [3.05, 3.63) is 54.4 Å². The van der Waals surface area contributed by atoms with E-state index < -0.39 is 11.7 Å². The van der Waals surface area contributed by atoms with E-state index in [0.29, 0.717) is 18.7 Å². The molecule has 32 heavy (non-hydrogen) atoms. The third-order valence-corrected chi connectivity index (χ3v) is 5.34. The van der Waals surface area contributed by atoms with E-state index in [2.05, 4.69) is 10.3 Å². The lowest BCUT2D eigenvalue weighted by molar-refractivity contribution is 0.0252.